The molecule has 2 unspecified atom stereocenters. The smallest absolute Gasteiger partial charge is 0.330 e. The Morgan fingerprint density at radius 2 is 2.36 bits per heavy atom. The third-order valence-corrected chi connectivity index (χ3v) is 1.37. The van der Waals surface area contributed by atoms with Crippen molar-refractivity contribution in [2.45, 2.75) is 32.5 Å². The van der Waals surface area contributed by atoms with Gasteiger partial charge in [0.2, 0.25) is 0 Å². The van der Waals surface area contributed by atoms with Crippen molar-refractivity contribution in [3.05, 3.63) is 12.7 Å². The number of hydrogen-bond donors (Lipinski definition) is 1. The van der Waals surface area contributed by atoms with E-state index in [0.717, 1.165) is 6.08 Å². The zero-order valence-electron chi connectivity index (χ0n) is 6.91. The molecule has 0 aromatic carbocycles. The second-order valence-electron chi connectivity index (χ2n) is 2.33. The summed E-state index contributed by atoms with van der Waals surface area (Å²) in [4.78, 5) is 10.6. The zero-order chi connectivity index (χ0) is 8.85. The van der Waals surface area contributed by atoms with Crippen LogP contribution in [0.2, 0.25) is 0 Å². The minimum absolute atomic E-state index is 0.416. The Hall–Kier alpha value is -0.830. The van der Waals surface area contributed by atoms with E-state index in [-0.39, 0.29) is 0 Å². The van der Waals surface area contributed by atoms with Gasteiger partial charge in [-0.3, -0.25) is 0 Å². The molecule has 0 aliphatic carbocycles. The zero-order valence-corrected chi connectivity index (χ0v) is 6.91. The predicted octanol–water partition coefficient (Wildman–Crippen LogP) is 0.875. The lowest BCUT2D eigenvalue weighted by molar-refractivity contribution is -0.148. The highest BCUT2D eigenvalue weighted by atomic mass is 16.6. The molecule has 0 bridgehead atoms. The molecule has 0 aliphatic heterocycles. The van der Waals surface area contributed by atoms with Crippen LogP contribution in [0.3, 0.4) is 0 Å². The minimum Gasteiger partial charge on any atom is -0.456 e. The molecule has 0 rings (SSSR count). The van der Waals surface area contributed by atoms with Gasteiger partial charge in [-0.2, -0.15) is 0 Å². The molecule has 64 valence electrons. The molecule has 3 nitrogen and oxygen atoms in total. The van der Waals surface area contributed by atoms with Gasteiger partial charge < -0.3 is 9.84 Å². The van der Waals surface area contributed by atoms with Crippen molar-refractivity contribution in [1.82, 2.24) is 0 Å². The van der Waals surface area contributed by atoms with Crippen LogP contribution in [-0.4, -0.2) is 23.3 Å². The summed E-state index contributed by atoms with van der Waals surface area (Å²) in [5.41, 5.74) is 0. The second kappa shape index (κ2) is 4.91. The maximum atomic E-state index is 10.6. The summed E-state index contributed by atoms with van der Waals surface area (Å²) in [6.07, 6.45) is 0.659. The fourth-order valence-electron chi connectivity index (χ4n) is 0.720. The van der Waals surface area contributed by atoms with Crippen molar-refractivity contribution in [2.24, 2.45) is 0 Å². The van der Waals surface area contributed by atoms with Crippen molar-refractivity contribution in [1.29, 1.82) is 0 Å². The van der Waals surface area contributed by atoms with Gasteiger partial charge in [-0.15, -0.1) is 0 Å². The average molecular weight is 158 g/mol. The van der Waals surface area contributed by atoms with Gasteiger partial charge in [0, 0.05) is 6.08 Å². The lowest BCUT2D eigenvalue weighted by Gasteiger charge is -2.17. The number of aliphatic hydroxyl groups is 1. The number of rotatable bonds is 4. The average Bonchev–Trinajstić information content (AvgIpc) is 1.99. The maximum absolute atomic E-state index is 10.6. The highest BCUT2D eigenvalue weighted by molar-refractivity contribution is 5.81. The number of esters is 1. The van der Waals surface area contributed by atoms with E-state index >= 15 is 0 Å². The van der Waals surface area contributed by atoms with Gasteiger partial charge in [-0.1, -0.05) is 13.5 Å². The second-order valence-corrected chi connectivity index (χ2v) is 2.33. The molecule has 0 saturated heterocycles. The quantitative estimate of drug-likeness (QED) is 0.488. The summed E-state index contributed by atoms with van der Waals surface area (Å²) in [5.74, 6) is -0.488. The standard InChI is InChI=1S/C8H14O3/c1-4-7(6(3)9)11-8(10)5-2/h5-7,9H,2,4H2,1,3H3. The third kappa shape index (κ3) is 3.78. The van der Waals surface area contributed by atoms with Crippen molar-refractivity contribution < 1.29 is 14.6 Å². The van der Waals surface area contributed by atoms with Crippen LogP contribution in [0.25, 0.3) is 0 Å². The first-order valence-electron chi connectivity index (χ1n) is 3.63. The fraction of sp³-hybridized carbons (Fsp3) is 0.625. The molecule has 2 atom stereocenters. The van der Waals surface area contributed by atoms with E-state index in [9.17, 15) is 4.79 Å². The molecule has 0 radical (unpaired) electrons. The van der Waals surface area contributed by atoms with Gasteiger partial charge >= 0.3 is 5.97 Å². The number of hydrogen-bond acceptors (Lipinski definition) is 3. The summed E-state index contributed by atoms with van der Waals surface area (Å²) in [5, 5.41) is 9.05. The molecule has 11 heavy (non-hydrogen) atoms. The molecule has 0 aromatic rings. The summed E-state index contributed by atoms with van der Waals surface area (Å²) >= 11 is 0. The van der Waals surface area contributed by atoms with Crippen LogP contribution in [0, 0.1) is 0 Å². The minimum atomic E-state index is -0.621. The van der Waals surface area contributed by atoms with Crippen LogP contribution in [-0.2, 0) is 9.53 Å². The Labute approximate surface area is 66.7 Å². The first-order chi connectivity index (χ1) is 5.11. The van der Waals surface area contributed by atoms with Crippen LogP contribution in [0.15, 0.2) is 12.7 Å². The van der Waals surface area contributed by atoms with Gasteiger partial charge in [0.05, 0.1) is 6.10 Å². The van der Waals surface area contributed by atoms with Crippen molar-refractivity contribution >= 4 is 5.97 Å². The third-order valence-electron chi connectivity index (χ3n) is 1.37. The molecular formula is C8H14O3. The van der Waals surface area contributed by atoms with E-state index in [1.807, 2.05) is 6.92 Å². The van der Waals surface area contributed by atoms with Crippen molar-refractivity contribution in [2.75, 3.05) is 0 Å². The topological polar surface area (TPSA) is 46.5 Å². The summed E-state index contributed by atoms with van der Waals surface area (Å²) in [6, 6.07) is 0. The number of carbonyl (C=O) groups excluding carboxylic acids is 1. The highest BCUT2D eigenvalue weighted by Crippen LogP contribution is 2.03. The maximum Gasteiger partial charge on any atom is 0.330 e. The molecule has 0 aliphatic rings. The van der Waals surface area contributed by atoms with Crippen LogP contribution in [0.5, 0.6) is 0 Å². The van der Waals surface area contributed by atoms with Gasteiger partial charge in [0.1, 0.15) is 6.10 Å². The molecule has 0 spiro atoms. The van der Waals surface area contributed by atoms with Crippen LogP contribution < -0.4 is 0 Å². The fourth-order valence-corrected chi connectivity index (χ4v) is 0.720. The molecule has 0 aromatic heterocycles. The van der Waals surface area contributed by atoms with Gasteiger partial charge in [-0.05, 0) is 13.3 Å². The van der Waals surface area contributed by atoms with Crippen molar-refractivity contribution in [3.63, 3.8) is 0 Å². The molecule has 3 heteroatoms. The number of ether oxygens (including phenoxy) is 1. The van der Waals surface area contributed by atoms with E-state index in [0.29, 0.717) is 6.42 Å². The normalized spacial score (nSPS) is 15.2. The summed E-state index contributed by atoms with van der Waals surface area (Å²) in [6.45, 7) is 6.68. The van der Waals surface area contributed by atoms with Gasteiger partial charge in [0.25, 0.3) is 0 Å². The van der Waals surface area contributed by atoms with Crippen LogP contribution >= 0.6 is 0 Å². The summed E-state index contributed by atoms with van der Waals surface area (Å²) in [7, 11) is 0. The van der Waals surface area contributed by atoms with Gasteiger partial charge in [-0.25, -0.2) is 4.79 Å². The van der Waals surface area contributed by atoms with Crippen molar-refractivity contribution in [3.8, 4) is 0 Å². The number of aliphatic hydroxyl groups excluding tert-OH is 1. The van der Waals surface area contributed by atoms with Gasteiger partial charge in [0.15, 0.2) is 0 Å². The summed E-state index contributed by atoms with van der Waals surface area (Å²) < 4.78 is 4.80. The van der Waals surface area contributed by atoms with Crippen LogP contribution in [0.4, 0.5) is 0 Å². The monoisotopic (exact) mass is 158 g/mol. The molecule has 1 N–H and O–H groups in total. The van der Waals surface area contributed by atoms with E-state index in [1.165, 1.54) is 0 Å². The Kier molecular flexibility index (Phi) is 4.54. The molecule has 0 saturated carbocycles. The van der Waals surface area contributed by atoms with E-state index in [2.05, 4.69) is 6.58 Å². The lowest BCUT2D eigenvalue weighted by Crippen LogP contribution is -2.27. The van der Waals surface area contributed by atoms with E-state index in [1.54, 1.807) is 6.92 Å². The molecule has 0 amide bonds. The first kappa shape index (κ1) is 10.2. The predicted molar refractivity (Wildman–Crippen MR) is 42.0 cm³/mol. The van der Waals surface area contributed by atoms with E-state index < -0.39 is 18.2 Å². The molecule has 0 heterocycles. The Morgan fingerprint density at radius 1 is 1.82 bits per heavy atom. The molecule has 0 fully saturated rings. The Balaban J connectivity index is 3.87. The largest absolute Gasteiger partial charge is 0.456 e. The van der Waals surface area contributed by atoms with Crippen LogP contribution in [0.1, 0.15) is 20.3 Å². The first-order valence-corrected chi connectivity index (χ1v) is 3.63. The van der Waals surface area contributed by atoms with E-state index in [4.69, 9.17) is 9.84 Å². The lowest BCUT2D eigenvalue weighted by atomic mass is 10.2. The highest BCUT2D eigenvalue weighted by Gasteiger charge is 2.15. The Bertz CT molecular complexity index is 140. The number of carbonyl (C=O) groups is 1. The Morgan fingerprint density at radius 3 is 2.64 bits per heavy atom. The SMILES string of the molecule is C=CC(=O)OC(CC)C(C)O. The molecular weight excluding hydrogens is 144 g/mol.